The molecule has 2 aromatic rings. The summed E-state index contributed by atoms with van der Waals surface area (Å²) in [4.78, 5) is 18.9. The number of halogens is 1. The maximum atomic E-state index is 13.3. The van der Waals surface area contributed by atoms with Crippen LogP contribution < -0.4 is 5.32 Å². The minimum absolute atomic E-state index is 0.0220. The molecule has 2 fully saturated rings. The number of hydrogen-bond acceptors (Lipinski definition) is 5. The van der Waals surface area contributed by atoms with Gasteiger partial charge >= 0.3 is 0 Å². The number of anilines is 1. The molecule has 4 rings (SSSR count). The summed E-state index contributed by atoms with van der Waals surface area (Å²) < 4.78 is 19.9. The summed E-state index contributed by atoms with van der Waals surface area (Å²) >= 11 is 1.30. The number of thiazole rings is 1. The summed E-state index contributed by atoms with van der Waals surface area (Å²) in [6.07, 6.45) is 3.25. The van der Waals surface area contributed by atoms with Gasteiger partial charge in [0.1, 0.15) is 5.82 Å². The molecule has 3 heterocycles. The van der Waals surface area contributed by atoms with E-state index in [9.17, 15) is 9.18 Å². The lowest BCUT2D eigenvalue weighted by molar-refractivity contribution is -0.117. The lowest BCUT2D eigenvalue weighted by Gasteiger charge is -2.38. The summed E-state index contributed by atoms with van der Waals surface area (Å²) in [5.74, 6) is -0.358. The van der Waals surface area contributed by atoms with Crippen molar-refractivity contribution in [2.75, 3.05) is 31.6 Å². The lowest BCUT2D eigenvalue weighted by Crippen LogP contribution is -2.44. The number of likely N-dealkylation sites (tertiary alicyclic amines) is 1. The number of amides is 1. The van der Waals surface area contributed by atoms with Crippen molar-refractivity contribution in [3.8, 4) is 0 Å². The zero-order chi connectivity index (χ0) is 18.4. The summed E-state index contributed by atoms with van der Waals surface area (Å²) in [5.41, 5.74) is 0.967. The number of nitrogens with zero attached hydrogens (tertiary/aromatic N) is 2. The number of rotatable bonds is 3. The van der Waals surface area contributed by atoms with E-state index in [1.807, 2.05) is 0 Å². The van der Waals surface area contributed by atoms with E-state index in [0.29, 0.717) is 17.2 Å². The first-order valence-electron chi connectivity index (χ1n) is 9.05. The van der Waals surface area contributed by atoms with Crippen molar-refractivity contribution < 1.29 is 13.9 Å². The zero-order valence-corrected chi connectivity index (χ0v) is 16.0. The van der Waals surface area contributed by atoms with Crippen LogP contribution in [-0.2, 0) is 9.53 Å². The molecule has 26 heavy (non-hydrogen) atoms. The van der Waals surface area contributed by atoms with E-state index in [-0.39, 0.29) is 22.7 Å². The molecular weight excluding hydrogens is 353 g/mol. The molecule has 0 bridgehead atoms. The Morgan fingerprint density at radius 3 is 2.85 bits per heavy atom. The Kier molecular flexibility index (Phi) is 4.49. The van der Waals surface area contributed by atoms with E-state index in [1.165, 1.54) is 23.5 Å². The van der Waals surface area contributed by atoms with E-state index in [0.717, 1.165) is 43.7 Å². The molecule has 5 nitrogen and oxygen atoms in total. The molecule has 7 heteroatoms. The van der Waals surface area contributed by atoms with Crippen molar-refractivity contribution >= 4 is 32.6 Å². The number of carbonyl (C=O) groups is 1. The standard InChI is InChI=1S/C19H24FN3O2S/c1-18(2)11-19(12-25-18)5-7-23(8-6-19)10-16(24)22-17-21-14-4-3-13(20)9-15(14)26-17/h3-4,9H,5-8,10-12H2,1-2H3,(H,21,22,24). The van der Waals surface area contributed by atoms with Gasteiger partial charge in [0.25, 0.3) is 0 Å². The third-order valence-corrected chi connectivity index (χ3v) is 6.38. The topological polar surface area (TPSA) is 54.5 Å². The second-order valence-electron chi connectivity index (χ2n) is 8.18. The van der Waals surface area contributed by atoms with Gasteiger partial charge in [-0.05, 0) is 69.8 Å². The monoisotopic (exact) mass is 377 g/mol. The average Bonchev–Trinajstić information content (AvgIpc) is 3.09. The molecule has 2 aliphatic rings. The highest BCUT2D eigenvalue weighted by Crippen LogP contribution is 2.46. The van der Waals surface area contributed by atoms with Gasteiger partial charge in [0.2, 0.25) is 5.91 Å². The van der Waals surface area contributed by atoms with Crippen LogP contribution in [0.15, 0.2) is 18.2 Å². The third-order valence-electron chi connectivity index (χ3n) is 5.45. The van der Waals surface area contributed by atoms with Gasteiger partial charge in [0.05, 0.1) is 29.0 Å². The molecule has 0 atom stereocenters. The molecule has 0 aliphatic carbocycles. The number of piperidine rings is 1. The SMILES string of the molecule is CC1(C)CC2(CCN(CC(=O)Nc3nc4ccc(F)cc4s3)CC2)CO1. The fourth-order valence-corrected chi connectivity index (χ4v) is 5.08. The predicted octanol–water partition coefficient (Wildman–Crippen LogP) is 3.66. The molecule has 1 N–H and O–H groups in total. The van der Waals surface area contributed by atoms with Crippen LogP contribution in [0.3, 0.4) is 0 Å². The molecule has 1 spiro atoms. The Morgan fingerprint density at radius 2 is 2.15 bits per heavy atom. The van der Waals surface area contributed by atoms with Gasteiger partial charge in [-0.1, -0.05) is 11.3 Å². The van der Waals surface area contributed by atoms with Crippen molar-refractivity contribution in [2.24, 2.45) is 5.41 Å². The minimum Gasteiger partial charge on any atom is -0.375 e. The Bertz CT molecular complexity index is 827. The van der Waals surface area contributed by atoms with E-state index in [1.54, 1.807) is 6.07 Å². The highest BCUT2D eigenvalue weighted by molar-refractivity contribution is 7.22. The van der Waals surface area contributed by atoms with Crippen LogP contribution in [0, 0.1) is 11.2 Å². The second-order valence-corrected chi connectivity index (χ2v) is 9.21. The van der Waals surface area contributed by atoms with Gasteiger partial charge in [-0.2, -0.15) is 0 Å². The van der Waals surface area contributed by atoms with Crippen molar-refractivity contribution in [1.82, 2.24) is 9.88 Å². The van der Waals surface area contributed by atoms with Gasteiger partial charge < -0.3 is 10.1 Å². The number of nitrogens with one attached hydrogen (secondary N) is 1. The summed E-state index contributed by atoms with van der Waals surface area (Å²) in [6.45, 7) is 7.35. The van der Waals surface area contributed by atoms with E-state index >= 15 is 0 Å². The van der Waals surface area contributed by atoms with E-state index < -0.39 is 0 Å². The minimum atomic E-state index is -0.291. The van der Waals surface area contributed by atoms with Crippen LogP contribution >= 0.6 is 11.3 Å². The molecule has 0 saturated carbocycles. The van der Waals surface area contributed by atoms with Crippen LogP contribution in [0.4, 0.5) is 9.52 Å². The molecule has 1 aromatic heterocycles. The van der Waals surface area contributed by atoms with Crippen LogP contribution in [0.25, 0.3) is 10.2 Å². The predicted molar refractivity (Wildman–Crippen MR) is 101 cm³/mol. The van der Waals surface area contributed by atoms with Crippen LogP contribution in [0.5, 0.6) is 0 Å². The first kappa shape index (κ1) is 17.8. The zero-order valence-electron chi connectivity index (χ0n) is 15.2. The summed E-state index contributed by atoms with van der Waals surface area (Å²) in [5, 5.41) is 3.38. The maximum absolute atomic E-state index is 13.3. The van der Waals surface area contributed by atoms with Gasteiger partial charge in [-0.25, -0.2) is 9.37 Å². The lowest BCUT2D eigenvalue weighted by atomic mass is 9.74. The first-order chi connectivity index (χ1) is 12.3. The molecule has 140 valence electrons. The van der Waals surface area contributed by atoms with Crippen molar-refractivity contribution in [1.29, 1.82) is 0 Å². The molecule has 0 unspecified atom stereocenters. The van der Waals surface area contributed by atoms with E-state index in [2.05, 4.69) is 29.0 Å². The smallest absolute Gasteiger partial charge is 0.240 e. The molecule has 2 saturated heterocycles. The highest BCUT2D eigenvalue weighted by atomic mass is 32.1. The van der Waals surface area contributed by atoms with Crippen molar-refractivity contribution in [3.63, 3.8) is 0 Å². The van der Waals surface area contributed by atoms with Crippen LogP contribution in [0.1, 0.15) is 33.1 Å². The highest BCUT2D eigenvalue weighted by Gasteiger charge is 2.45. The van der Waals surface area contributed by atoms with Gasteiger partial charge in [-0.3, -0.25) is 9.69 Å². The molecule has 0 radical (unpaired) electrons. The van der Waals surface area contributed by atoms with Crippen molar-refractivity contribution in [2.45, 2.75) is 38.7 Å². The Balaban J connectivity index is 1.31. The fraction of sp³-hybridized carbons (Fsp3) is 0.579. The van der Waals surface area contributed by atoms with E-state index in [4.69, 9.17) is 4.74 Å². The maximum Gasteiger partial charge on any atom is 0.240 e. The number of hydrogen-bond donors (Lipinski definition) is 1. The van der Waals surface area contributed by atoms with Crippen molar-refractivity contribution in [3.05, 3.63) is 24.0 Å². The Hall–Kier alpha value is -1.57. The molecule has 2 aliphatic heterocycles. The van der Waals surface area contributed by atoms with Gasteiger partial charge in [0.15, 0.2) is 5.13 Å². The normalized spacial score (nSPS) is 22.1. The Labute approximate surface area is 156 Å². The van der Waals surface area contributed by atoms with Gasteiger partial charge in [-0.15, -0.1) is 0 Å². The number of fused-ring (bicyclic) bond motifs is 1. The average molecular weight is 377 g/mol. The third kappa shape index (κ3) is 3.75. The molecule has 1 amide bonds. The number of carbonyl (C=O) groups excluding carboxylic acids is 1. The quantitative estimate of drug-likeness (QED) is 0.887. The largest absolute Gasteiger partial charge is 0.375 e. The number of ether oxygens (including phenoxy) is 1. The summed E-state index contributed by atoms with van der Waals surface area (Å²) in [7, 11) is 0. The van der Waals surface area contributed by atoms with Crippen LogP contribution in [0.2, 0.25) is 0 Å². The summed E-state index contributed by atoms with van der Waals surface area (Å²) in [6, 6.07) is 4.45. The fourth-order valence-electron chi connectivity index (χ4n) is 4.17. The molecule has 1 aromatic carbocycles. The second kappa shape index (κ2) is 6.55. The first-order valence-corrected chi connectivity index (χ1v) is 9.87. The number of benzene rings is 1. The molecular formula is C19H24FN3O2S. The van der Waals surface area contributed by atoms with Gasteiger partial charge in [0, 0.05) is 0 Å². The Morgan fingerprint density at radius 1 is 1.38 bits per heavy atom. The number of aromatic nitrogens is 1. The van der Waals surface area contributed by atoms with Crippen LogP contribution in [-0.4, -0.2) is 47.6 Å².